The van der Waals surface area contributed by atoms with Crippen molar-refractivity contribution in [2.75, 3.05) is 18.0 Å². The van der Waals surface area contributed by atoms with Crippen molar-refractivity contribution >= 4 is 34.0 Å². The molecule has 19 heavy (non-hydrogen) atoms. The number of hydrogen-bond donors (Lipinski definition) is 1. The minimum atomic E-state index is -0.471. The fourth-order valence-electron chi connectivity index (χ4n) is 2.52. The molecule has 0 bridgehead atoms. The highest BCUT2D eigenvalue weighted by atomic mass is 127. The molecule has 7 heteroatoms. The number of nitro groups is 1. The molecule has 5 nitrogen and oxygen atoms in total. The normalized spacial score (nSPS) is 23.5. The second-order valence-corrected chi connectivity index (χ2v) is 6.18. The summed E-state index contributed by atoms with van der Waals surface area (Å²) in [6, 6.07) is 2.48. The van der Waals surface area contributed by atoms with Gasteiger partial charge in [-0.3, -0.25) is 10.1 Å². The van der Waals surface area contributed by atoms with Gasteiger partial charge in [0.15, 0.2) is 0 Å². The highest BCUT2D eigenvalue weighted by Gasteiger charge is 2.28. The molecule has 1 fully saturated rings. The van der Waals surface area contributed by atoms with E-state index in [-0.39, 0.29) is 15.3 Å². The van der Waals surface area contributed by atoms with Gasteiger partial charge in [-0.15, -0.1) is 0 Å². The van der Waals surface area contributed by atoms with Gasteiger partial charge in [-0.05, 0) is 34.9 Å². The third-order valence-electron chi connectivity index (χ3n) is 3.25. The Morgan fingerprint density at radius 2 is 2.21 bits per heavy atom. The summed E-state index contributed by atoms with van der Waals surface area (Å²) in [6.07, 6.45) is 0.886. The highest BCUT2D eigenvalue weighted by Crippen LogP contribution is 2.34. The van der Waals surface area contributed by atoms with Crippen molar-refractivity contribution in [3.63, 3.8) is 0 Å². The molecule has 1 heterocycles. The molecular weight excluding hydrogens is 364 g/mol. The van der Waals surface area contributed by atoms with Crippen molar-refractivity contribution in [1.82, 2.24) is 0 Å². The van der Waals surface area contributed by atoms with Crippen LogP contribution in [0.4, 0.5) is 15.8 Å². The first-order valence-electron chi connectivity index (χ1n) is 6.02. The summed E-state index contributed by atoms with van der Waals surface area (Å²) in [7, 11) is 0. The molecule has 1 aliphatic heterocycles. The second-order valence-electron chi connectivity index (χ2n) is 5.02. The van der Waals surface area contributed by atoms with E-state index < -0.39 is 10.7 Å². The van der Waals surface area contributed by atoms with E-state index in [1.807, 2.05) is 11.8 Å². The van der Waals surface area contributed by atoms with Gasteiger partial charge in [0, 0.05) is 31.3 Å². The Morgan fingerprint density at radius 3 is 2.79 bits per heavy atom. The fraction of sp³-hybridized carbons (Fsp3) is 0.500. The summed E-state index contributed by atoms with van der Waals surface area (Å²) in [5.74, 6) is -0.0984. The van der Waals surface area contributed by atoms with Crippen LogP contribution in [0.5, 0.6) is 0 Å². The number of hydrogen-bond acceptors (Lipinski definition) is 4. The lowest BCUT2D eigenvalue weighted by Crippen LogP contribution is -2.46. The van der Waals surface area contributed by atoms with E-state index in [9.17, 15) is 14.5 Å². The Bertz CT molecular complexity index is 502. The molecule has 1 aliphatic rings. The van der Waals surface area contributed by atoms with Gasteiger partial charge in [0.05, 0.1) is 8.49 Å². The van der Waals surface area contributed by atoms with Gasteiger partial charge < -0.3 is 10.6 Å². The molecule has 104 valence electrons. The zero-order chi connectivity index (χ0) is 14.2. The SMILES string of the molecule is CC1CC(N)CN(c2cc(F)c(I)cc2[N+](=O)[O-])C1. The molecule has 0 aliphatic carbocycles. The van der Waals surface area contributed by atoms with E-state index in [2.05, 4.69) is 0 Å². The summed E-state index contributed by atoms with van der Waals surface area (Å²) in [5.41, 5.74) is 6.20. The fourth-order valence-corrected chi connectivity index (χ4v) is 2.97. The Hall–Kier alpha value is -0.960. The van der Waals surface area contributed by atoms with E-state index in [0.717, 1.165) is 6.42 Å². The van der Waals surface area contributed by atoms with E-state index >= 15 is 0 Å². The molecule has 2 atom stereocenters. The smallest absolute Gasteiger partial charge is 0.293 e. The number of halogens is 2. The molecule has 0 saturated carbocycles. The lowest BCUT2D eigenvalue weighted by Gasteiger charge is -2.36. The van der Waals surface area contributed by atoms with Crippen LogP contribution in [0.15, 0.2) is 12.1 Å². The molecule has 2 unspecified atom stereocenters. The van der Waals surface area contributed by atoms with Crippen molar-refractivity contribution in [1.29, 1.82) is 0 Å². The molecular formula is C12H15FIN3O2. The van der Waals surface area contributed by atoms with Crippen LogP contribution in [0.3, 0.4) is 0 Å². The number of piperidine rings is 1. The molecule has 2 rings (SSSR count). The van der Waals surface area contributed by atoms with Gasteiger partial charge in [-0.25, -0.2) is 4.39 Å². The van der Waals surface area contributed by atoms with E-state index in [0.29, 0.717) is 24.7 Å². The minimum absolute atomic E-state index is 0.0364. The zero-order valence-corrected chi connectivity index (χ0v) is 12.6. The van der Waals surface area contributed by atoms with Crippen LogP contribution in [-0.2, 0) is 0 Å². The van der Waals surface area contributed by atoms with E-state index in [4.69, 9.17) is 5.73 Å². The lowest BCUT2D eigenvalue weighted by molar-refractivity contribution is -0.384. The Morgan fingerprint density at radius 1 is 1.53 bits per heavy atom. The molecule has 2 N–H and O–H groups in total. The maximum absolute atomic E-state index is 13.7. The third-order valence-corrected chi connectivity index (χ3v) is 4.07. The second kappa shape index (κ2) is 5.58. The largest absolute Gasteiger partial charge is 0.364 e. The standard InChI is InChI=1S/C12H15FIN3O2/c1-7-2-8(15)6-16(5-7)11-3-9(13)10(14)4-12(11)17(18)19/h3-4,7-8H,2,5-6,15H2,1H3. The van der Waals surface area contributed by atoms with Gasteiger partial charge >= 0.3 is 0 Å². The van der Waals surface area contributed by atoms with Crippen molar-refractivity contribution in [3.05, 3.63) is 31.6 Å². The summed E-state index contributed by atoms with van der Waals surface area (Å²) < 4.78 is 13.9. The predicted molar refractivity (Wildman–Crippen MR) is 79.7 cm³/mol. The molecule has 1 aromatic carbocycles. The van der Waals surface area contributed by atoms with Crippen LogP contribution < -0.4 is 10.6 Å². The quantitative estimate of drug-likeness (QED) is 0.487. The van der Waals surface area contributed by atoms with Gasteiger partial charge in [-0.1, -0.05) is 6.92 Å². The first kappa shape index (κ1) is 14.4. The van der Waals surface area contributed by atoms with Gasteiger partial charge in [0.25, 0.3) is 5.69 Å². The predicted octanol–water partition coefficient (Wildman–Crippen LogP) is 2.51. The van der Waals surface area contributed by atoms with Crippen LogP contribution in [0.25, 0.3) is 0 Å². The number of nitrogens with zero attached hydrogens (tertiary/aromatic N) is 2. The van der Waals surface area contributed by atoms with Crippen molar-refractivity contribution in [2.45, 2.75) is 19.4 Å². The van der Waals surface area contributed by atoms with Crippen molar-refractivity contribution < 1.29 is 9.31 Å². The molecule has 1 aromatic rings. The highest BCUT2D eigenvalue weighted by molar-refractivity contribution is 14.1. The average molecular weight is 379 g/mol. The first-order chi connectivity index (χ1) is 8.88. The lowest BCUT2D eigenvalue weighted by atomic mass is 9.96. The number of anilines is 1. The summed E-state index contributed by atoms with van der Waals surface area (Å²) >= 11 is 1.76. The number of nitro benzene ring substituents is 1. The molecule has 0 amide bonds. The van der Waals surface area contributed by atoms with Crippen LogP contribution in [0, 0.1) is 25.4 Å². The summed E-state index contributed by atoms with van der Waals surface area (Å²) in [4.78, 5) is 12.5. The van der Waals surface area contributed by atoms with Crippen molar-refractivity contribution in [3.8, 4) is 0 Å². The Kier molecular flexibility index (Phi) is 4.24. The average Bonchev–Trinajstić information content (AvgIpc) is 2.30. The monoisotopic (exact) mass is 379 g/mol. The van der Waals surface area contributed by atoms with Gasteiger partial charge in [0.1, 0.15) is 11.5 Å². The maximum atomic E-state index is 13.7. The summed E-state index contributed by atoms with van der Waals surface area (Å²) in [6.45, 7) is 3.22. The zero-order valence-electron chi connectivity index (χ0n) is 10.5. The van der Waals surface area contributed by atoms with Gasteiger partial charge in [-0.2, -0.15) is 0 Å². The first-order valence-corrected chi connectivity index (χ1v) is 7.10. The Labute approximate surface area is 124 Å². The third kappa shape index (κ3) is 3.14. The molecule has 1 saturated heterocycles. The number of rotatable bonds is 2. The van der Waals surface area contributed by atoms with Crippen LogP contribution in [0.2, 0.25) is 0 Å². The van der Waals surface area contributed by atoms with Crippen molar-refractivity contribution in [2.24, 2.45) is 11.7 Å². The Balaban J connectivity index is 2.42. The molecule has 0 aromatic heterocycles. The van der Waals surface area contributed by atoms with E-state index in [1.165, 1.54) is 12.1 Å². The summed E-state index contributed by atoms with van der Waals surface area (Å²) in [5, 5.41) is 11.1. The molecule has 0 spiro atoms. The van der Waals surface area contributed by atoms with Crippen LogP contribution in [0.1, 0.15) is 13.3 Å². The molecule has 0 radical (unpaired) electrons. The van der Waals surface area contributed by atoms with Crippen LogP contribution in [-0.4, -0.2) is 24.1 Å². The van der Waals surface area contributed by atoms with Crippen LogP contribution >= 0.6 is 22.6 Å². The number of nitrogens with two attached hydrogens (primary N) is 1. The minimum Gasteiger partial charge on any atom is -0.364 e. The van der Waals surface area contributed by atoms with Gasteiger partial charge in [0.2, 0.25) is 0 Å². The number of benzene rings is 1. The maximum Gasteiger partial charge on any atom is 0.293 e. The topological polar surface area (TPSA) is 72.4 Å². The van der Waals surface area contributed by atoms with E-state index in [1.54, 1.807) is 22.6 Å².